The normalized spacial score (nSPS) is 22.1. The Labute approximate surface area is 229 Å². The molecule has 1 spiro atoms. The number of halogens is 2. The molecule has 0 bridgehead atoms. The molecular formula is C33H21ClFNO3. The average molecular weight is 534 g/mol. The van der Waals surface area contributed by atoms with Crippen molar-refractivity contribution in [1.82, 2.24) is 0 Å². The lowest BCUT2D eigenvalue weighted by molar-refractivity contribution is 0.0666. The van der Waals surface area contributed by atoms with E-state index in [4.69, 9.17) is 11.6 Å². The van der Waals surface area contributed by atoms with E-state index in [0.717, 1.165) is 0 Å². The van der Waals surface area contributed by atoms with Gasteiger partial charge in [0.2, 0.25) is 0 Å². The second-order valence-corrected chi connectivity index (χ2v) is 10.6. The van der Waals surface area contributed by atoms with Gasteiger partial charge < -0.3 is 4.90 Å². The first-order valence-electron chi connectivity index (χ1n) is 12.7. The van der Waals surface area contributed by atoms with Gasteiger partial charge in [0.15, 0.2) is 17.3 Å². The molecule has 7 rings (SSSR count). The average Bonchev–Trinajstić information content (AvgIpc) is 3.39. The Morgan fingerprint density at radius 2 is 1.46 bits per heavy atom. The lowest BCUT2D eigenvalue weighted by Crippen LogP contribution is -2.48. The molecule has 0 unspecified atom stereocenters. The van der Waals surface area contributed by atoms with Gasteiger partial charge in [-0.25, -0.2) is 4.39 Å². The summed E-state index contributed by atoms with van der Waals surface area (Å²) in [6, 6.07) is 25.3. The molecule has 0 radical (unpaired) electrons. The largest absolute Gasteiger partial charge is 0.352 e. The van der Waals surface area contributed by atoms with Crippen LogP contribution in [-0.4, -0.2) is 29.4 Å². The van der Waals surface area contributed by atoms with Gasteiger partial charge in [-0.2, -0.15) is 0 Å². The Bertz CT molecular complexity index is 1700. The van der Waals surface area contributed by atoms with Crippen LogP contribution in [0.5, 0.6) is 0 Å². The molecule has 3 aliphatic rings. The smallest absolute Gasteiger partial charge is 0.185 e. The van der Waals surface area contributed by atoms with Crippen LogP contribution in [0.1, 0.15) is 48.1 Å². The molecule has 6 heteroatoms. The molecule has 1 saturated heterocycles. The van der Waals surface area contributed by atoms with Crippen LogP contribution in [0.25, 0.3) is 6.08 Å². The van der Waals surface area contributed by atoms with Crippen molar-refractivity contribution in [3.8, 4) is 0 Å². The quantitative estimate of drug-likeness (QED) is 0.215. The molecule has 1 fully saturated rings. The summed E-state index contributed by atoms with van der Waals surface area (Å²) in [6.07, 6.45) is 3.51. The lowest BCUT2D eigenvalue weighted by Gasteiger charge is -2.37. The minimum Gasteiger partial charge on any atom is -0.352 e. The second kappa shape index (κ2) is 8.58. The monoisotopic (exact) mass is 533 g/mol. The number of Topliss-reactive ketones (excluding diaryl/α,β-unsaturated/α-hetero) is 3. The summed E-state index contributed by atoms with van der Waals surface area (Å²) >= 11 is 6.79. The van der Waals surface area contributed by atoms with E-state index in [1.807, 2.05) is 11.0 Å². The number of rotatable bonds is 3. The first-order valence-corrected chi connectivity index (χ1v) is 13.1. The van der Waals surface area contributed by atoms with Gasteiger partial charge in [-0.15, -0.1) is 0 Å². The number of hydrogen-bond donors (Lipinski definition) is 0. The minimum atomic E-state index is -1.65. The lowest BCUT2D eigenvalue weighted by atomic mass is 9.64. The first-order chi connectivity index (χ1) is 18.9. The van der Waals surface area contributed by atoms with Gasteiger partial charge in [0.25, 0.3) is 0 Å². The summed E-state index contributed by atoms with van der Waals surface area (Å²) in [5.74, 6) is -2.23. The molecule has 4 nitrogen and oxygen atoms in total. The third-order valence-electron chi connectivity index (χ3n) is 8.33. The molecule has 4 aromatic rings. The highest BCUT2D eigenvalue weighted by Gasteiger charge is 2.71. The molecule has 2 heterocycles. The van der Waals surface area contributed by atoms with Crippen LogP contribution in [-0.2, 0) is 0 Å². The van der Waals surface area contributed by atoms with Crippen molar-refractivity contribution in [3.63, 3.8) is 0 Å². The Morgan fingerprint density at radius 1 is 0.821 bits per heavy atom. The van der Waals surface area contributed by atoms with Crippen molar-refractivity contribution in [1.29, 1.82) is 0 Å². The topological polar surface area (TPSA) is 54.5 Å². The van der Waals surface area contributed by atoms with E-state index < -0.39 is 29.2 Å². The van der Waals surface area contributed by atoms with Crippen LogP contribution in [0.15, 0.2) is 103 Å². The predicted molar refractivity (Wildman–Crippen MR) is 148 cm³/mol. The molecule has 4 aromatic carbocycles. The number of carbonyl (C=O) groups is 3. The van der Waals surface area contributed by atoms with Crippen molar-refractivity contribution in [2.75, 3.05) is 4.90 Å². The molecule has 1 aliphatic carbocycles. The highest BCUT2D eigenvalue weighted by Crippen LogP contribution is 2.61. The second-order valence-electron chi connectivity index (χ2n) is 10.2. The molecular weight excluding hydrogens is 513 g/mol. The van der Waals surface area contributed by atoms with E-state index in [9.17, 15) is 18.8 Å². The fraction of sp³-hybridized carbons (Fsp3) is 0.121. The summed E-state index contributed by atoms with van der Waals surface area (Å²) in [5, 5.41) is 0.368. The van der Waals surface area contributed by atoms with Gasteiger partial charge in [-0.05, 0) is 29.8 Å². The zero-order valence-electron chi connectivity index (χ0n) is 20.6. The number of nitrogens with zero attached hydrogens (tertiary/aromatic N) is 1. The fourth-order valence-electron chi connectivity index (χ4n) is 6.79. The SMILES string of the molecule is O=C(c1ccccc1)[C@H]1[C@H](c2ccccc2Cl)C2(C(=O)c3ccccc3C2=O)[C@@H]2C=Cc3cc(F)ccc3N21. The van der Waals surface area contributed by atoms with Crippen molar-refractivity contribution >= 4 is 40.7 Å². The van der Waals surface area contributed by atoms with Gasteiger partial charge in [0, 0.05) is 38.9 Å². The van der Waals surface area contributed by atoms with E-state index in [-0.39, 0.29) is 17.3 Å². The molecule has 0 N–H and O–H groups in total. The Morgan fingerprint density at radius 3 is 2.15 bits per heavy atom. The van der Waals surface area contributed by atoms with Gasteiger partial charge >= 0.3 is 0 Å². The van der Waals surface area contributed by atoms with E-state index in [1.54, 1.807) is 91.0 Å². The number of anilines is 1. The van der Waals surface area contributed by atoms with Crippen LogP contribution in [0, 0.1) is 11.2 Å². The Balaban J connectivity index is 1.57. The summed E-state index contributed by atoms with van der Waals surface area (Å²) in [4.78, 5) is 45.5. The predicted octanol–water partition coefficient (Wildman–Crippen LogP) is 6.80. The highest BCUT2D eigenvalue weighted by atomic mass is 35.5. The zero-order chi connectivity index (χ0) is 26.9. The maximum absolute atomic E-state index is 14.6. The summed E-state index contributed by atoms with van der Waals surface area (Å²) in [7, 11) is 0. The zero-order valence-corrected chi connectivity index (χ0v) is 21.3. The molecule has 39 heavy (non-hydrogen) atoms. The van der Waals surface area contributed by atoms with E-state index >= 15 is 0 Å². The number of hydrogen-bond acceptors (Lipinski definition) is 4. The number of benzene rings is 4. The number of fused-ring (bicyclic) bond motifs is 5. The van der Waals surface area contributed by atoms with Crippen molar-refractivity contribution in [2.24, 2.45) is 5.41 Å². The van der Waals surface area contributed by atoms with Gasteiger partial charge in [-0.3, -0.25) is 14.4 Å². The number of ketones is 3. The maximum Gasteiger partial charge on any atom is 0.185 e. The van der Waals surface area contributed by atoms with Gasteiger partial charge in [-0.1, -0.05) is 96.5 Å². The van der Waals surface area contributed by atoms with Gasteiger partial charge in [0.1, 0.15) is 17.3 Å². The Hall–Kier alpha value is -4.35. The summed E-state index contributed by atoms with van der Waals surface area (Å²) < 4.78 is 14.3. The fourth-order valence-corrected chi connectivity index (χ4v) is 7.04. The van der Waals surface area contributed by atoms with E-state index in [2.05, 4.69) is 0 Å². The summed E-state index contributed by atoms with van der Waals surface area (Å²) in [6.45, 7) is 0. The van der Waals surface area contributed by atoms with E-state index in [1.165, 1.54) is 12.1 Å². The molecule has 190 valence electrons. The number of carbonyl (C=O) groups excluding carboxylic acids is 3. The molecule has 0 amide bonds. The third-order valence-corrected chi connectivity index (χ3v) is 8.68. The van der Waals surface area contributed by atoms with Crippen molar-refractivity contribution in [3.05, 3.63) is 142 Å². The van der Waals surface area contributed by atoms with Crippen LogP contribution in [0.2, 0.25) is 5.02 Å². The van der Waals surface area contributed by atoms with E-state index in [0.29, 0.717) is 38.5 Å². The molecule has 3 atom stereocenters. The minimum absolute atomic E-state index is 0.246. The van der Waals surface area contributed by atoms with Crippen LogP contribution in [0.4, 0.5) is 10.1 Å². The third kappa shape index (κ3) is 3.14. The van der Waals surface area contributed by atoms with Crippen molar-refractivity contribution in [2.45, 2.75) is 18.0 Å². The standard InChI is InChI=1S/C33H21ClFNO3/c34-25-13-7-6-12-24(25)28-29(30(37)19-8-2-1-3-9-19)36-26-16-15-21(35)18-20(26)14-17-27(36)33(28)31(38)22-10-4-5-11-23(22)32(33)39/h1-18,27-29H/t27-,28-,29+/m0/s1. The highest BCUT2D eigenvalue weighted by molar-refractivity contribution is 6.34. The molecule has 2 aliphatic heterocycles. The Kier molecular flexibility index (Phi) is 5.23. The maximum atomic E-state index is 14.6. The van der Waals surface area contributed by atoms with Crippen molar-refractivity contribution < 1.29 is 18.8 Å². The molecule has 0 aromatic heterocycles. The summed E-state index contributed by atoms with van der Waals surface area (Å²) in [5.41, 5.74) is 1.19. The first kappa shape index (κ1) is 23.7. The molecule has 0 saturated carbocycles. The van der Waals surface area contributed by atoms with Gasteiger partial charge in [0.05, 0.1) is 6.04 Å². The van der Waals surface area contributed by atoms with Crippen LogP contribution in [0.3, 0.4) is 0 Å². The van der Waals surface area contributed by atoms with Crippen LogP contribution >= 0.6 is 11.6 Å². The van der Waals surface area contributed by atoms with Crippen LogP contribution < -0.4 is 4.90 Å².